The van der Waals surface area contributed by atoms with Crippen LogP contribution < -0.4 is 5.32 Å². The molecule has 4 rings (SSSR count). The molecule has 0 spiro atoms. The number of aromatic amines is 1. The predicted molar refractivity (Wildman–Crippen MR) is 119 cm³/mol. The number of halogens is 2. The van der Waals surface area contributed by atoms with Crippen LogP contribution in [0.2, 0.25) is 10.0 Å². The Morgan fingerprint density at radius 1 is 1.13 bits per heavy atom. The van der Waals surface area contributed by atoms with Crippen molar-refractivity contribution < 1.29 is 9.59 Å². The molecule has 3 heterocycles. The molecule has 160 valence electrons. The quantitative estimate of drug-likeness (QED) is 0.606. The summed E-state index contributed by atoms with van der Waals surface area (Å²) in [6.07, 6.45) is 4.62. The van der Waals surface area contributed by atoms with Crippen LogP contribution >= 0.6 is 23.2 Å². The van der Waals surface area contributed by atoms with Gasteiger partial charge in [-0.2, -0.15) is 5.10 Å². The maximum Gasteiger partial charge on any atom is 0.274 e. The molecule has 0 aliphatic carbocycles. The maximum atomic E-state index is 12.8. The first-order valence-electron chi connectivity index (χ1n) is 9.98. The number of H-pyrrole nitrogens is 1. The van der Waals surface area contributed by atoms with Gasteiger partial charge in [0.2, 0.25) is 5.91 Å². The molecule has 1 fully saturated rings. The van der Waals surface area contributed by atoms with E-state index in [0.29, 0.717) is 48.2 Å². The normalized spacial score (nSPS) is 14.5. The minimum absolute atomic E-state index is 0.0168. The number of rotatable bonds is 5. The van der Waals surface area contributed by atoms with E-state index in [-0.39, 0.29) is 17.7 Å². The summed E-state index contributed by atoms with van der Waals surface area (Å²) in [6.45, 7) is 1.41. The first-order chi connectivity index (χ1) is 15.0. The molecule has 0 radical (unpaired) electrons. The number of nitrogens with one attached hydrogen (secondary N) is 2. The molecule has 0 unspecified atom stereocenters. The summed E-state index contributed by atoms with van der Waals surface area (Å²) < 4.78 is 0. The van der Waals surface area contributed by atoms with Gasteiger partial charge in [0, 0.05) is 43.5 Å². The molecule has 31 heavy (non-hydrogen) atoms. The minimum Gasteiger partial charge on any atom is -0.352 e. The molecule has 2 N–H and O–H groups in total. The molecular weight excluding hydrogens is 437 g/mol. The van der Waals surface area contributed by atoms with Crippen LogP contribution in [-0.2, 0) is 11.3 Å². The lowest BCUT2D eigenvalue weighted by atomic mass is 9.95. The first kappa shape index (κ1) is 21.3. The van der Waals surface area contributed by atoms with Gasteiger partial charge in [0.15, 0.2) is 5.69 Å². The zero-order valence-electron chi connectivity index (χ0n) is 16.6. The molecule has 0 bridgehead atoms. The van der Waals surface area contributed by atoms with Crippen molar-refractivity contribution in [3.63, 3.8) is 0 Å². The number of piperidine rings is 1. The molecule has 7 nitrogen and oxygen atoms in total. The van der Waals surface area contributed by atoms with Gasteiger partial charge >= 0.3 is 0 Å². The van der Waals surface area contributed by atoms with E-state index in [9.17, 15) is 9.59 Å². The van der Waals surface area contributed by atoms with Gasteiger partial charge in [0.25, 0.3) is 5.91 Å². The average Bonchev–Trinajstić information content (AvgIpc) is 3.30. The number of hydrogen-bond donors (Lipinski definition) is 2. The number of benzene rings is 1. The highest BCUT2D eigenvalue weighted by Crippen LogP contribution is 2.23. The Morgan fingerprint density at radius 2 is 1.94 bits per heavy atom. The fourth-order valence-electron chi connectivity index (χ4n) is 3.59. The number of carbonyl (C=O) groups is 2. The summed E-state index contributed by atoms with van der Waals surface area (Å²) in [6, 6.07) is 10.8. The van der Waals surface area contributed by atoms with E-state index in [4.69, 9.17) is 23.2 Å². The van der Waals surface area contributed by atoms with Gasteiger partial charge in [0.05, 0.1) is 15.7 Å². The second-order valence-electron chi connectivity index (χ2n) is 7.44. The Hall–Kier alpha value is -2.90. The first-order valence-corrected chi connectivity index (χ1v) is 10.7. The van der Waals surface area contributed by atoms with Crippen molar-refractivity contribution in [1.82, 2.24) is 25.4 Å². The van der Waals surface area contributed by atoms with Crippen LogP contribution in [0.15, 0.2) is 48.8 Å². The summed E-state index contributed by atoms with van der Waals surface area (Å²) in [5.74, 6) is -0.283. The number of amides is 2. The average molecular weight is 458 g/mol. The molecule has 2 amide bonds. The Balaban J connectivity index is 1.29. The van der Waals surface area contributed by atoms with Crippen LogP contribution in [0.5, 0.6) is 0 Å². The van der Waals surface area contributed by atoms with Crippen LogP contribution in [0.4, 0.5) is 0 Å². The lowest BCUT2D eigenvalue weighted by Gasteiger charge is -2.30. The van der Waals surface area contributed by atoms with Crippen molar-refractivity contribution >= 4 is 35.0 Å². The molecule has 1 aromatic carbocycles. The van der Waals surface area contributed by atoms with Crippen molar-refractivity contribution in [2.24, 2.45) is 5.92 Å². The number of likely N-dealkylation sites (tertiary alicyclic amines) is 1. The predicted octanol–water partition coefficient (Wildman–Crippen LogP) is 3.95. The largest absolute Gasteiger partial charge is 0.352 e. The van der Waals surface area contributed by atoms with E-state index in [0.717, 1.165) is 16.8 Å². The van der Waals surface area contributed by atoms with Crippen LogP contribution in [0.1, 0.15) is 28.9 Å². The molecule has 2 aromatic heterocycles. The van der Waals surface area contributed by atoms with E-state index in [1.165, 1.54) is 0 Å². The van der Waals surface area contributed by atoms with E-state index >= 15 is 0 Å². The highest BCUT2D eigenvalue weighted by atomic mass is 35.5. The second kappa shape index (κ2) is 9.49. The molecule has 3 aromatic rings. The van der Waals surface area contributed by atoms with E-state index in [1.54, 1.807) is 35.5 Å². The zero-order chi connectivity index (χ0) is 21.8. The number of carbonyl (C=O) groups excluding carboxylic acids is 2. The summed E-state index contributed by atoms with van der Waals surface area (Å²) in [5.41, 5.74) is 2.86. The monoisotopic (exact) mass is 457 g/mol. The molecule has 1 aliphatic rings. The third kappa shape index (κ3) is 5.06. The SMILES string of the molecule is O=C(NCc1ccc(Cl)c(Cl)c1)C1CCN(C(=O)c2cc(-c3cccnc3)[nH]n2)CC1. The highest BCUT2D eigenvalue weighted by molar-refractivity contribution is 6.42. The van der Waals surface area contributed by atoms with Gasteiger partial charge in [-0.15, -0.1) is 0 Å². The third-order valence-electron chi connectivity index (χ3n) is 5.37. The summed E-state index contributed by atoms with van der Waals surface area (Å²) in [5, 5.41) is 10.9. The van der Waals surface area contributed by atoms with Crippen LogP contribution in [0, 0.1) is 5.92 Å². The number of pyridine rings is 1. The van der Waals surface area contributed by atoms with E-state index in [2.05, 4.69) is 20.5 Å². The molecular formula is C22H21Cl2N5O2. The molecule has 0 saturated carbocycles. The van der Waals surface area contributed by atoms with Gasteiger partial charge in [-0.25, -0.2) is 0 Å². The van der Waals surface area contributed by atoms with Crippen molar-refractivity contribution in [2.75, 3.05) is 13.1 Å². The minimum atomic E-state index is -0.138. The Kier molecular flexibility index (Phi) is 6.53. The van der Waals surface area contributed by atoms with Crippen molar-refractivity contribution in [2.45, 2.75) is 19.4 Å². The Labute approximate surface area is 189 Å². The number of hydrogen-bond acceptors (Lipinski definition) is 4. The van der Waals surface area contributed by atoms with E-state index < -0.39 is 0 Å². The smallest absolute Gasteiger partial charge is 0.274 e. The number of nitrogens with zero attached hydrogens (tertiary/aromatic N) is 3. The van der Waals surface area contributed by atoms with Gasteiger partial charge in [-0.3, -0.25) is 19.7 Å². The van der Waals surface area contributed by atoms with Crippen molar-refractivity contribution in [1.29, 1.82) is 0 Å². The second-order valence-corrected chi connectivity index (χ2v) is 8.26. The lowest BCUT2D eigenvalue weighted by Crippen LogP contribution is -2.43. The van der Waals surface area contributed by atoms with Crippen LogP contribution in [-0.4, -0.2) is 45.0 Å². The lowest BCUT2D eigenvalue weighted by molar-refractivity contribution is -0.126. The standard InChI is InChI=1S/C22H21Cl2N5O2/c23-17-4-3-14(10-18(17)24)12-26-21(30)15-5-8-29(9-6-15)22(31)20-11-19(27-28-20)16-2-1-7-25-13-16/h1-4,7,10-11,13,15H,5-6,8-9,12H2,(H,26,30)(H,27,28). The zero-order valence-corrected chi connectivity index (χ0v) is 18.2. The molecule has 1 saturated heterocycles. The summed E-state index contributed by atoms with van der Waals surface area (Å²) in [4.78, 5) is 31.1. The summed E-state index contributed by atoms with van der Waals surface area (Å²) in [7, 11) is 0. The van der Waals surface area contributed by atoms with Crippen LogP contribution in [0.3, 0.4) is 0 Å². The molecule has 9 heteroatoms. The van der Waals surface area contributed by atoms with Crippen LogP contribution in [0.25, 0.3) is 11.3 Å². The van der Waals surface area contributed by atoms with Crippen molar-refractivity contribution in [3.05, 3.63) is 70.1 Å². The topological polar surface area (TPSA) is 91.0 Å². The number of aromatic nitrogens is 3. The van der Waals surface area contributed by atoms with Gasteiger partial charge in [-0.05, 0) is 48.7 Å². The fourth-order valence-corrected chi connectivity index (χ4v) is 3.91. The Bertz CT molecular complexity index is 1080. The maximum absolute atomic E-state index is 12.8. The van der Waals surface area contributed by atoms with Crippen molar-refractivity contribution in [3.8, 4) is 11.3 Å². The van der Waals surface area contributed by atoms with Gasteiger partial charge in [-0.1, -0.05) is 29.3 Å². The van der Waals surface area contributed by atoms with Gasteiger partial charge in [0.1, 0.15) is 0 Å². The molecule has 1 aliphatic heterocycles. The highest BCUT2D eigenvalue weighted by Gasteiger charge is 2.28. The van der Waals surface area contributed by atoms with Gasteiger partial charge < -0.3 is 10.2 Å². The fraction of sp³-hybridized carbons (Fsp3) is 0.273. The third-order valence-corrected chi connectivity index (χ3v) is 6.11. The molecule has 0 atom stereocenters. The Morgan fingerprint density at radius 3 is 2.65 bits per heavy atom. The van der Waals surface area contributed by atoms with E-state index in [1.807, 2.05) is 18.2 Å². The summed E-state index contributed by atoms with van der Waals surface area (Å²) >= 11 is 11.9.